The first-order valence-corrected chi connectivity index (χ1v) is 6.24. The van der Waals surface area contributed by atoms with Crippen LogP contribution in [0.5, 0.6) is 0 Å². The quantitative estimate of drug-likeness (QED) is 0.775. The molecule has 1 N–H and O–H groups in total. The number of ether oxygens (including phenoxy) is 1. The van der Waals surface area contributed by atoms with Crippen LogP contribution in [-0.2, 0) is 4.74 Å². The zero-order chi connectivity index (χ0) is 11.7. The summed E-state index contributed by atoms with van der Waals surface area (Å²) in [6.07, 6.45) is 2.77. The lowest BCUT2D eigenvalue weighted by molar-refractivity contribution is -0.180. The molecule has 0 spiro atoms. The van der Waals surface area contributed by atoms with Crippen molar-refractivity contribution in [2.45, 2.75) is 72.1 Å². The Morgan fingerprint density at radius 3 is 2.33 bits per heavy atom. The van der Waals surface area contributed by atoms with Crippen LogP contribution < -0.4 is 5.32 Å². The van der Waals surface area contributed by atoms with Crippen LogP contribution in [0.25, 0.3) is 0 Å². The predicted molar refractivity (Wildman–Crippen MR) is 65.1 cm³/mol. The minimum absolute atomic E-state index is 0.0156. The van der Waals surface area contributed by atoms with E-state index in [0.29, 0.717) is 17.6 Å². The third-order valence-corrected chi connectivity index (χ3v) is 3.69. The second-order valence-electron chi connectivity index (χ2n) is 5.92. The highest BCUT2D eigenvalue weighted by atomic mass is 16.5. The van der Waals surface area contributed by atoms with Crippen LogP contribution in [0.2, 0.25) is 0 Å². The van der Waals surface area contributed by atoms with Gasteiger partial charge in [-0.15, -0.1) is 0 Å². The summed E-state index contributed by atoms with van der Waals surface area (Å²) in [7, 11) is 0. The van der Waals surface area contributed by atoms with Gasteiger partial charge >= 0.3 is 0 Å². The molecule has 0 radical (unpaired) electrons. The number of hydrogen-bond acceptors (Lipinski definition) is 2. The molecule has 0 amide bonds. The molecule has 0 aliphatic heterocycles. The molecule has 1 aliphatic rings. The van der Waals surface area contributed by atoms with Gasteiger partial charge in [-0.3, -0.25) is 0 Å². The minimum atomic E-state index is -0.0156. The Morgan fingerprint density at radius 2 is 1.93 bits per heavy atom. The molecule has 0 bridgehead atoms. The average molecular weight is 213 g/mol. The van der Waals surface area contributed by atoms with Gasteiger partial charge < -0.3 is 10.1 Å². The number of nitrogens with one attached hydrogen (secondary N) is 1. The van der Waals surface area contributed by atoms with Gasteiger partial charge in [-0.25, -0.2) is 0 Å². The summed E-state index contributed by atoms with van der Waals surface area (Å²) in [6, 6.07) is 0.639. The van der Waals surface area contributed by atoms with Crippen molar-refractivity contribution in [2.75, 3.05) is 6.54 Å². The minimum Gasteiger partial charge on any atom is -0.372 e. The van der Waals surface area contributed by atoms with Crippen molar-refractivity contribution in [1.82, 2.24) is 5.32 Å². The van der Waals surface area contributed by atoms with Gasteiger partial charge in [0.05, 0.1) is 11.7 Å². The van der Waals surface area contributed by atoms with E-state index in [4.69, 9.17) is 4.74 Å². The largest absolute Gasteiger partial charge is 0.372 e. The van der Waals surface area contributed by atoms with E-state index >= 15 is 0 Å². The lowest BCUT2D eigenvalue weighted by Crippen LogP contribution is -2.63. The van der Waals surface area contributed by atoms with E-state index in [9.17, 15) is 0 Å². The highest BCUT2D eigenvalue weighted by Gasteiger charge is 2.51. The monoisotopic (exact) mass is 213 g/mol. The number of rotatable bonds is 4. The third-order valence-electron chi connectivity index (χ3n) is 3.69. The first-order chi connectivity index (χ1) is 6.83. The van der Waals surface area contributed by atoms with Gasteiger partial charge in [-0.05, 0) is 40.2 Å². The molecular formula is C13H27NO. The van der Waals surface area contributed by atoms with Gasteiger partial charge in [-0.2, -0.15) is 0 Å². The van der Waals surface area contributed by atoms with E-state index in [1.807, 2.05) is 0 Å². The first kappa shape index (κ1) is 13.0. The molecule has 1 saturated carbocycles. The standard InChI is InChI=1S/C13H27NO/c1-7-13(6)10(14-8-2)9-11(13)15-12(3,4)5/h10-11,14H,7-9H2,1-6H3. The van der Waals surface area contributed by atoms with Crippen molar-refractivity contribution in [3.05, 3.63) is 0 Å². The predicted octanol–water partition coefficient (Wildman–Crippen LogP) is 2.97. The highest BCUT2D eigenvalue weighted by Crippen LogP contribution is 2.47. The van der Waals surface area contributed by atoms with E-state index < -0.39 is 0 Å². The lowest BCUT2D eigenvalue weighted by atomic mass is 9.61. The fraction of sp³-hybridized carbons (Fsp3) is 1.00. The molecular weight excluding hydrogens is 186 g/mol. The molecule has 15 heavy (non-hydrogen) atoms. The highest BCUT2D eigenvalue weighted by molar-refractivity contribution is 5.05. The zero-order valence-corrected chi connectivity index (χ0v) is 11.2. The molecule has 2 heteroatoms. The fourth-order valence-electron chi connectivity index (χ4n) is 2.46. The van der Waals surface area contributed by atoms with Gasteiger partial charge in [0.1, 0.15) is 0 Å². The van der Waals surface area contributed by atoms with Gasteiger partial charge in [-0.1, -0.05) is 20.8 Å². The molecule has 1 aliphatic carbocycles. The van der Waals surface area contributed by atoms with Gasteiger partial charge in [0.15, 0.2) is 0 Å². The van der Waals surface area contributed by atoms with Crippen molar-refractivity contribution in [3.8, 4) is 0 Å². The Hall–Kier alpha value is -0.0800. The van der Waals surface area contributed by atoms with E-state index in [1.165, 1.54) is 6.42 Å². The lowest BCUT2D eigenvalue weighted by Gasteiger charge is -2.55. The normalized spacial score (nSPS) is 36.4. The van der Waals surface area contributed by atoms with Crippen LogP contribution in [0.3, 0.4) is 0 Å². The van der Waals surface area contributed by atoms with E-state index in [0.717, 1.165) is 13.0 Å². The number of hydrogen-bond donors (Lipinski definition) is 1. The van der Waals surface area contributed by atoms with Gasteiger partial charge in [0, 0.05) is 11.5 Å². The fourth-order valence-corrected chi connectivity index (χ4v) is 2.46. The smallest absolute Gasteiger partial charge is 0.0665 e. The molecule has 3 atom stereocenters. The van der Waals surface area contributed by atoms with Crippen LogP contribution in [0.1, 0.15) is 54.4 Å². The molecule has 1 fully saturated rings. The zero-order valence-electron chi connectivity index (χ0n) is 11.2. The van der Waals surface area contributed by atoms with E-state index in [-0.39, 0.29) is 5.60 Å². The Labute approximate surface area is 94.8 Å². The molecule has 3 unspecified atom stereocenters. The van der Waals surface area contributed by atoms with Crippen LogP contribution in [-0.4, -0.2) is 24.3 Å². The molecule has 0 heterocycles. The molecule has 0 aromatic rings. The van der Waals surface area contributed by atoms with Gasteiger partial charge in [0.2, 0.25) is 0 Å². The maximum atomic E-state index is 6.12. The molecule has 90 valence electrons. The van der Waals surface area contributed by atoms with Crippen molar-refractivity contribution in [1.29, 1.82) is 0 Å². The Balaban J connectivity index is 2.57. The van der Waals surface area contributed by atoms with Crippen LogP contribution >= 0.6 is 0 Å². The Kier molecular flexibility index (Phi) is 3.83. The second-order valence-corrected chi connectivity index (χ2v) is 5.92. The summed E-state index contributed by atoms with van der Waals surface area (Å²) in [5.41, 5.74) is 0.307. The SMILES string of the molecule is CCNC1CC(OC(C)(C)C)C1(C)CC. The van der Waals surface area contributed by atoms with Crippen molar-refractivity contribution in [3.63, 3.8) is 0 Å². The summed E-state index contributed by atoms with van der Waals surface area (Å²) in [4.78, 5) is 0. The van der Waals surface area contributed by atoms with E-state index in [1.54, 1.807) is 0 Å². The topological polar surface area (TPSA) is 21.3 Å². The van der Waals surface area contributed by atoms with Crippen molar-refractivity contribution in [2.24, 2.45) is 5.41 Å². The second kappa shape index (κ2) is 4.42. The first-order valence-electron chi connectivity index (χ1n) is 6.24. The van der Waals surface area contributed by atoms with Crippen molar-refractivity contribution >= 4 is 0 Å². The third kappa shape index (κ3) is 2.73. The Morgan fingerprint density at radius 1 is 1.33 bits per heavy atom. The summed E-state index contributed by atoms with van der Waals surface area (Å²) >= 11 is 0. The maximum absolute atomic E-state index is 6.12. The Bertz CT molecular complexity index is 209. The molecule has 0 aromatic heterocycles. The van der Waals surface area contributed by atoms with E-state index in [2.05, 4.69) is 46.9 Å². The molecule has 1 rings (SSSR count). The summed E-state index contributed by atoms with van der Waals surface area (Å²) in [6.45, 7) is 14.3. The van der Waals surface area contributed by atoms with Crippen LogP contribution in [0.4, 0.5) is 0 Å². The molecule has 0 aromatic carbocycles. The maximum Gasteiger partial charge on any atom is 0.0665 e. The molecule has 0 saturated heterocycles. The van der Waals surface area contributed by atoms with Crippen LogP contribution in [0, 0.1) is 5.41 Å². The summed E-state index contributed by atoms with van der Waals surface area (Å²) < 4.78 is 6.12. The van der Waals surface area contributed by atoms with Crippen LogP contribution in [0.15, 0.2) is 0 Å². The van der Waals surface area contributed by atoms with Crippen molar-refractivity contribution < 1.29 is 4.74 Å². The average Bonchev–Trinajstić information content (AvgIpc) is 2.13. The summed E-state index contributed by atoms with van der Waals surface area (Å²) in [5, 5.41) is 3.56. The van der Waals surface area contributed by atoms with Gasteiger partial charge in [0.25, 0.3) is 0 Å². The summed E-state index contributed by atoms with van der Waals surface area (Å²) in [5.74, 6) is 0. The molecule has 2 nitrogen and oxygen atoms in total.